The van der Waals surface area contributed by atoms with Gasteiger partial charge in [-0.15, -0.1) is 0 Å². The lowest BCUT2D eigenvalue weighted by atomic mass is 9.90. The van der Waals surface area contributed by atoms with Gasteiger partial charge in [0.25, 0.3) is 26.1 Å². The highest BCUT2D eigenvalue weighted by Gasteiger charge is 2.23. The number of anilines is 1. The molecule has 0 atom stereocenters. The molecule has 0 saturated heterocycles. The Labute approximate surface area is 266 Å². The first-order valence-electron chi connectivity index (χ1n) is 14.4. The predicted molar refractivity (Wildman–Crippen MR) is 173 cm³/mol. The summed E-state index contributed by atoms with van der Waals surface area (Å²) in [4.78, 5) is 30.5. The molecule has 1 heterocycles. The second kappa shape index (κ2) is 14.9. The third-order valence-corrected chi connectivity index (χ3v) is 8.74. The Morgan fingerprint density at radius 3 is 2.33 bits per heavy atom. The van der Waals surface area contributed by atoms with Crippen LogP contribution in [-0.4, -0.2) is 86.0 Å². The van der Waals surface area contributed by atoms with Gasteiger partial charge in [0.2, 0.25) is 0 Å². The van der Waals surface area contributed by atoms with Gasteiger partial charge >= 0.3 is 5.97 Å². The van der Waals surface area contributed by atoms with Crippen molar-refractivity contribution in [3.8, 4) is 22.5 Å². The Bertz CT molecular complexity index is 1990. The average molecular weight is 674 g/mol. The van der Waals surface area contributed by atoms with E-state index in [-0.39, 0.29) is 44.8 Å². The van der Waals surface area contributed by atoms with Gasteiger partial charge in [-0.1, -0.05) is 18.2 Å². The molecule has 13 nitrogen and oxygen atoms in total. The Morgan fingerprint density at radius 1 is 0.891 bits per heavy atom. The maximum absolute atomic E-state index is 13.6. The van der Waals surface area contributed by atoms with Crippen LogP contribution >= 0.6 is 0 Å². The maximum Gasteiger partial charge on any atom is 0.303 e. The quantitative estimate of drug-likeness (QED) is 0.0806. The summed E-state index contributed by atoms with van der Waals surface area (Å²) in [5.74, 6) is -1.61. The lowest BCUT2D eigenvalue weighted by molar-refractivity contribution is -0.137. The number of hydrogen-bond acceptors (Lipinski definition) is 9. The van der Waals surface area contributed by atoms with Crippen molar-refractivity contribution in [1.29, 1.82) is 0 Å². The number of carboxylic acid groups (broad SMARTS) is 1. The molecule has 4 rings (SSSR count). The van der Waals surface area contributed by atoms with Crippen LogP contribution in [0.1, 0.15) is 36.0 Å². The zero-order chi connectivity index (χ0) is 33.5. The molecule has 0 spiro atoms. The van der Waals surface area contributed by atoms with Crippen LogP contribution in [-0.2, 0) is 25.0 Å². The average Bonchev–Trinajstić information content (AvgIpc) is 2.98. The van der Waals surface area contributed by atoms with Crippen LogP contribution in [0.3, 0.4) is 0 Å². The van der Waals surface area contributed by atoms with Crippen molar-refractivity contribution in [3.63, 3.8) is 0 Å². The summed E-state index contributed by atoms with van der Waals surface area (Å²) in [5.41, 5.74) is 3.48. The number of benzene rings is 3. The zero-order valence-electron chi connectivity index (χ0n) is 25.0. The Morgan fingerprint density at radius 2 is 1.61 bits per heavy atom. The number of carbonyl (C=O) groups is 2. The number of amides is 1. The van der Waals surface area contributed by atoms with Gasteiger partial charge in [-0.2, -0.15) is 16.8 Å². The lowest BCUT2D eigenvalue weighted by Crippen LogP contribution is -2.28. The third-order valence-electron chi connectivity index (χ3n) is 7.13. The van der Waals surface area contributed by atoms with Crippen molar-refractivity contribution in [2.45, 2.75) is 25.7 Å². The molecule has 4 N–H and O–H groups in total. The van der Waals surface area contributed by atoms with E-state index in [1.165, 1.54) is 4.90 Å². The zero-order valence-corrected chi connectivity index (χ0v) is 26.7. The Balaban J connectivity index is 1.80. The number of aliphatic carboxylic acids is 1. The van der Waals surface area contributed by atoms with E-state index >= 15 is 0 Å². The normalized spacial score (nSPS) is 12.5. The number of nitrogens with one attached hydrogen (secondary N) is 1. The molecular formula is C31H35N3O10S2. The standard InChI is InChI=1S/C31H35N3O10S2/c1-34(16-4-9-29(35)36)31(37)24-8-3-2-7-23(24)30-25-12-10-21(32-14-5-17-45(38,39)40)19-27(25)44-28-20-22(11-13-26(28)30)33-15-6-18-46(41,42)43/h2-3,7-8,10-13,19-20,32H,4-6,9,14-18H2,1H3,(H,35,36)(H,38,39,40)(H,41,42,43). The number of nitrogens with zero attached hydrogens (tertiary/aromatic N) is 2. The summed E-state index contributed by atoms with van der Waals surface area (Å²) in [5, 5.41) is 13.3. The van der Waals surface area contributed by atoms with E-state index in [9.17, 15) is 26.4 Å². The molecule has 246 valence electrons. The SMILES string of the molecule is CN(CCCC(=O)O)C(=O)c1ccccc1-c1c2ccc(=NCCCS(=O)(=O)O)cc-2oc2cc(NCCCS(=O)(=O)O)ccc12. The van der Waals surface area contributed by atoms with E-state index in [1.807, 2.05) is 18.2 Å². The van der Waals surface area contributed by atoms with Gasteiger partial charge in [0, 0.05) is 73.0 Å². The van der Waals surface area contributed by atoms with Crippen LogP contribution in [0, 0.1) is 0 Å². The summed E-state index contributed by atoms with van der Waals surface area (Å²) in [6.45, 7) is 0.666. The van der Waals surface area contributed by atoms with Crippen LogP contribution < -0.4 is 10.7 Å². The smallest absolute Gasteiger partial charge is 0.303 e. The first-order valence-corrected chi connectivity index (χ1v) is 17.7. The summed E-state index contributed by atoms with van der Waals surface area (Å²) in [6.07, 6.45) is 0.532. The minimum atomic E-state index is -4.10. The number of carboxylic acids is 1. The molecule has 2 aromatic rings. The second-order valence-electron chi connectivity index (χ2n) is 10.7. The lowest BCUT2D eigenvalue weighted by Gasteiger charge is -2.21. The van der Waals surface area contributed by atoms with Gasteiger partial charge in [-0.25, -0.2) is 0 Å². The van der Waals surface area contributed by atoms with E-state index < -0.39 is 37.7 Å². The molecule has 0 bridgehead atoms. The number of fused-ring (bicyclic) bond motifs is 2. The maximum atomic E-state index is 13.6. The fourth-order valence-corrected chi connectivity index (χ4v) is 5.99. The van der Waals surface area contributed by atoms with Crippen LogP contribution in [0.2, 0.25) is 0 Å². The molecule has 0 unspecified atom stereocenters. The first kappa shape index (κ1) is 34.6. The highest BCUT2D eigenvalue weighted by molar-refractivity contribution is 7.86. The molecule has 1 aliphatic heterocycles. The molecule has 46 heavy (non-hydrogen) atoms. The first-order chi connectivity index (χ1) is 21.7. The molecule has 2 aliphatic rings. The molecule has 0 fully saturated rings. The van der Waals surface area contributed by atoms with Crippen molar-refractivity contribution in [3.05, 3.63) is 71.6 Å². The molecule has 0 aromatic heterocycles. The Kier molecular flexibility index (Phi) is 11.2. The van der Waals surface area contributed by atoms with Crippen molar-refractivity contribution < 1.29 is 45.1 Å². The number of carbonyl (C=O) groups excluding carboxylic acids is 1. The van der Waals surface area contributed by atoms with Crippen molar-refractivity contribution in [1.82, 2.24) is 4.90 Å². The van der Waals surface area contributed by atoms with Gasteiger partial charge in [-0.3, -0.25) is 23.7 Å². The summed E-state index contributed by atoms with van der Waals surface area (Å²) in [7, 11) is -6.57. The fraction of sp³-hybridized carbons (Fsp3) is 0.323. The topological polar surface area (TPSA) is 204 Å². The van der Waals surface area contributed by atoms with Gasteiger partial charge in [0.1, 0.15) is 11.3 Å². The van der Waals surface area contributed by atoms with Gasteiger partial charge < -0.3 is 19.7 Å². The largest absolute Gasteiger partial charge is 0.481 e. The predicted octanol–water partition coefficient (Wildman–Crippen LogP) is 4.01. The minimum absolute atomic E-state index is 0.0654. The summed E-state index contributed by atoms with van der Waals surface area (Å²) in [6, 6.07) is 17.7. The van der Waals surface area contributed by atoms with E-state index in [0.29, 0.717) is 56.4 Å². The highest BCUT2D eigenvalue weighted by atomic mass is 32.2. The molecular weight excluding hydrogens is 638 g/mol. The number of rotatable bonds is 15. The van der Waals surface area contributed by atoms with E-state index in [0.717, 1.165) is 0 Å². The van der Waals surface area contributed by atoms with Crippen molar-refractivity contribution >= 4 is 48.8 Å². The molecule has 15 heteroatoms. The number of hydrogen-bond donors (Lipinski definition) is 4. The van der Waals surface area contributed by atoms with Gasteiger partial charge in [0.05, 0.1) is 16.9 Å². The molecule has 0 radical (unpaired) electrons. The van der Waals surface area contributed by atoms with Crippen LogP contribution in [0.25, 0.3) is 33.4 Å². The van der Waals surface area contributed by atoms with Gasteiger partial charge in [-0.05, 0) is 55.2 Å². The highest BCUT2D eigenvalue weighted by Crippen LogP contribution is 2.42. The van der Waals surface area contributed by atoms with E-state index in [4.69, 9.17) is 18.6 Å². The van der Waals surface area contributed by atoms with Crippen molar-refractivity contribution in [2.24, 2.45) is 4.99 Å². The minimum Gasteiger partial charge on any atom is -0.481 e. The fourth-order valence-electron chi connectivity index (χ4n) is 4.98. The molecule has 1 aliphatic carbocycles. The molecule has 2 aromatic carbocycles. The monoisotopic (exact) mass is 673 g/mol. The van der Waals surface area contributed by atoms with E-state index in [1.54, 1.807) is 49.5 Å². The van der Waals surface area contributed by atoms with Crippen LogP contribution in [0.15, 0.2) is 70.1 Å². The molecule has 0 saturated carbocycles. The van der Waals surface area contributed by atoms with Crippen LogP contribution in [0.5, 0.6) is 0 Å². The second-order valence-corrected chi connectivity index (χ2v) is 13.9. The van der Waals surface area contributed by atoms with Crippen molar-refractivity contribution in [2.75, 3.05) is 43.5 Å². The summed E-state index contributed by atoms with van der Waals surface area (Å²) >= 11 is 0. The summed E-state index contributed by atoms with van der Waals surface area (Å²) < 4.78 is 68.6. The Hall–Kier alpha value is -4.31. The molecule has 1 amide bonds. The van der Waals surface area contributed by atoms with Gasteiger partial charge in [0.15, 0.2) is 0 Å². The van der Waals surface area contributed by atoms with E-state index in [2.05, 4.69) is 10.3 Å². The third kappa shape index (κ3) is 9.59. The van der Waals surface area contributed by atoms with Crippen LogP contribution in [0.4, 0.5) is 5.69 Å².